The standard InChI is InChI=1S/C30H38O7/c1-36-27-20-22(16-17-25(27)32)30(29(34)35,18-12-8-6-4-2-3-5-7-9-13-19-31)24-21-37-26-15-11-10-14-23(26)28(24)33/h10-11,14-17,20-21,31-32H,2-9,12-13,18-19H2,1H3,(H,34,35). The number of carboxylic acid groups (broad SMARTS) is 1. The van der Waals surface area contributed by atoms with Gasteiger partial charge < -0.3 is 24.5 Å². The average Bonchev–Trinajstić information content (AvgIpc) is 2.90. The van der Waals surface area contributed by atoms with E-state index in [2.05, 4.69) is 0 Å². The number of ether oxygens (including phenoxy) is 1. The molecule has 7 nitrogen and oxygen atoms in total. The zero-order valence-corrected chi connectivity index (χ0v) is 21.6. The summed E-state index contributed by atoms with van der Waals surface area (Å²) in [6, 6.07) is 11.2. The van der Waals surface area contributed by atoms with Gasteiger partial charge in [-0.2, -0.15) is 0 Å². The SMILES string of the molecule is COc1cc(C(CCCCCCCCCCCCO)(C(=O)O)c2coc3ccccc3c2=O)ccc1O. The predicted octanol–water partition coefficient (Wildman–Crippen LogP) is 6.16. The maximum Gasteiger partial charge on any atom is 0.318 e. The summed E-state index contributed by atoms with van der Waals surface area (Å²) in [6.07, 6.45) is 11.5. The molecule has 200 valence electrons. The molecule has 0 fully saturated rings. The first-order valence-electron chi connectivity index (χ1n) is 13.2. The number of para-hydroxylation sites is 1. The summed E-state index contributed by atoms with van der Waals surface area (Å²) in [5.74, 6) is -1.11. The highest BCUT2D eigenvalue weighted by Crippen LogP contribution is 2.40. The molecule has 3 N–H and O–H groups in total. The van der Waals surface area contributed by atoms with Crippen LogP contribution in [0.5, 0.6) is 11.5 Å². The third-order valence-electron chi connectivity index (χ3n) is 7.14. The molecule has 0 bridgehead atoms. The number of carboxylic acids is 1. The van der Waals surface area contributed by atoms with Crippen LogP contribution in [0, 0.1) is 0 Å². The van der Waals surface area contributed by atoms with Crippen LogP contribution in [0.1, 0.15) is 81.8 Å². The van der Waals surface area contributed by atoms with Crippen molar-refractivity contribution >= 4 is 16.9 Å². The lowest BCUT2D eigenvalue weighted by atomic mass is 9.71. The summed E-state index contributed by atoms with van der Waals surface area (Å²) in [5.41, 5.74) is -1.21. The van der Waals surface area contributed by atoms with Crippen LogP contribution in [0.15, 0.2) is 57.9 Å². The van der Waals surface area contributed by atoms with Crippen LogP contribution in [-0.2, 0) is 10.2 Å². The van der Waals surface area contributed by atoms with Gasteiger partial charge in [-0.25, -0.2) is 0 Å². The fourth-order valence-electron chi connectivity index (χ4n) is 5.01. The van der Waals surface area contributed by atoms with Gasteiger partial charge in [0, 0.05) is 6.61 Å². The van der Waals surface area contributed by atoms with Crippen molar-refractivity contribution in [2.45, 2.75) is 76.0 Å². The summed E-state index contributed by atoms with van der Waals surface area (Å²) in [4.78, 5) is 26.6. The van der Waals surface area contributed by atoms with E-state index in [0.29, 0.717) is 23.0 Å². The van der Waals surface area contributed by atoms with E-state index in [4.69, 9.17) is 14.3 Å². The van der Waals surface area contributed by atoms with E-state index in [1.807, 2.05) is 0 Å². The Bertz CT molecular complexity index is 1220. The average molecular weight is 511 g/mol. The number of hydrogen-bond acceptors (Lipinski definition) is 6. The number of phenols is 1. The maximum atomic E-state index is 13.6. The molecule has 1 unspecified atom stereocenters. The molecular weight excluding hydrogens is 472 g/mol. The highest BCUT2D eigenvalue weighted by atomic mass is 16.5. The number of benzene rings is 2. The first-order chi connectivity index (χ1) is 18.0. The van der Waals surface area contributed by atoms with E-state index in [1.165, 1.54) is 38.0 Å². The van der Waals surface area contributed by atoms with Crippen LogP contribution < -0.4 is 10.2 Å². The number of phenolic OH excluding ortho intramolecular Hbond substituents is 1. The van der Waals surface area contributed by atoms with E-state index >= 15 is 0 Å². The second-order valence-electron chi connectivity index (χ2n) is 9.58. The second kappa shape index (κ2) is 13.8. The molecule has 3 aromatic rings. The molecule has 2 aromatic carbocycles. The summed E-state index contributed by atoms with van der Waals surface area (Å²) < 4.78 is 11.0. The number of carbonyl (C=O) groups is 1. The van der Waals surface area contributed by atoms with Crippen LogP contribution in [0.25, 0.3) is 11.0 Å². The molecule has 0 radical (unpaired) electrons. The number of rotatable bonds is 16. The second-order valence-corrected chi connectivity index (χ2v) is 9.58. The lowest BCUT2D eigenvalue weighted by Crippen LogP contribution is -2.41. The highest BCUT2D eigenvalue weighted by molar-refractivity contribution is 5.88. The van der Waals surface area contributed by atoms with E-state index in [0.717, 1.165) is 51.4 Å². The summed E-state index contributed by atoms with van der Waals surface area (Å²) in [6.45, 7) is 0.260. The number of fused-ring (bicyclic) bond motifs is 1. The van der Waals surface area contributed by atoms with Gasteiger partial charge in [0.1, 0.15) is 11.0 Å². The topological polar surface area (TPSA) is 117 Å². The van der Waals surface area contributed by atoms with Gasteiger partial charge in [-0.3, -0.25) is 9.59 Å². The predicted molar refractivity (Wildman–Crippen MR) is 143 cm³/mol. The van der Waals surface area contributed by atoms with Crippen molar-refractivity contribution in [1.82, 2.24) is 0 Å². The number of aliphatic hydroxyl groups excluding tert-OH is 1. The summed E-state index contributed by atoms with van der Waals surface area (Å²) in [5, 5.41) is 29.9. The van der Waals surface area contributed by atoms with Crippen LogP contribution in [0.4, 0.5) is 0 Å². The van der Waals surface area contributed by atoms with Gasteiger partial charge in [-0.15, -0.1) is 0 Å². The molecule has 37 heavy (non-hydrogen) atoms. The largest absolute Gasteiger partial charge is 0.504 e. The van der Waals surface area contributed by atoms with Crippen LogP contribution in [-0.4, -0.2) is 35.0 Å². The number of unbranched alkanes of at least 4 members (excludes halogenated alkanes) is 9. The van der Waals surface area contributed by atoms with E-state index < -0.39 is 11.4 Å². The lowest BCUT2D eigenvalue weighted by Gasteiger charge is -2.30. The number of aliphatic hydroxyl groups is 1. The van der Waals surface area contributed by atoms with Crippen molar-refractivity contribution in [3.05, 3.63) is 70.1 Å². The van der Waals surface area contributed by atoms with Crippen molar-refractivity contribution in [2.75, 3.05) is 13.7 Å². The molecule has 0 saturated carbocycles. The molecule has 0 spiro atoms. The van der Waals surface area contributed by atoms with Gasteiger partial charge >= 0.3 is 5.97 Å². The zero-order chi connectivity index (χ0) is 26.7. The molecule has 1 heterocycles. The Morgan fingerprint density at radius 3 is 2.16 bits per heavy atom. The van der Waals surface area contributed by atoms with Crippen LogP contribution in [0.2, 0.25) is 0 Å². The monoisotopic (exact) mass is 510 g/mol. The molecule has 1 aromatic heterocycles. The van der Waals surface area contributed by atoms with Crippen molar-refractivity contribution in [3.8, 4) is 11.5 Å². The van der Waals surface area contributed by atoms with Crippen LogP contribution >= 0.6 is 0 Å². The minimum atomic E-state index is -1.65. The molecule has 1 atom stereocenters. The Labute approximate surface area is 217 Å². The van der Waals surface area contributed by atoms with E-state index in [1.54, 1.807) is 24.3 Å². The lowest BCUT2D eigenvalue weighted by molar-refractivity contribution is -0.142. The smallest absolute Gasteiger partial charge is 0.318 e. The van der Waals surface area contributed by atoms with Gasteiger partial charge in [-0.1, -0.05) is 76.0 Å². The Kier molecular flexibility index (Phi) is 10.6. The Morgan fingerprint density at radius 1 is 0.919 bits per heavy atom. The zero-order valence-electron chi connectivity index (χ0n) is 21.6. The van der Waals surface area contributed by atoms with Crippen molar-refractivity contribution in [2.24, 2.45) is 0 Å². The molecular formula is C30H38O7. The molecule has 3 rings (SSSR count). The minimum Gasteiger partial charge on any atom is -0.504 e. The quantitative estimate of drug-likeness (QED) is 0.198. The van der Waals surface area contributed by atoms with E-state index in [-0.39, 0.29) is 35.5 Å². The number of methoxy groups -OCH3 is 1. The fraction of sp³-hybridized carbons (Fsp3) is 0.467. The normalized spacial score (nSPS) is 12.9. The molecule has 0 aliphatic rings. The molecule has 7 heteroatoms. The third kappa shape index (κ3) is 6.72. The van der Waals surface area contributed by atoms with Gasteiger partial charge in [0.2, 0.25) is 0 Å². The minimum absolute atomic E-state index is 0.0642. The van der Waals surface area contributed by atoms with Crippen molar-refractivity contribution in [3.63, 3.8) is 0 Å². The number of hydrogen-bond donors (Lipinski definition) is 3. The first-order valence-corrected chi connectivity index (χ1v) is 13.2. The Morgan fingerprint density at radius 2 is 1.54 bits per heavy atom. The van der Waals surface area contributed by atoms with Gasteiger partial charge in [0.05, 0.1) is 24.3 Å². The molecule has 0 saturated heterocycles. The van der Waals surface area contributed by atoms with Crippen molar-refractivity contribution in [1.29, 1.82) is 0 Å². The summed E-state index contributed by atoms with van der Waals surface area (Å²) in [7, 11) is 1.40. The number of aliphatic carboxylic acids is 1. The first kappa shape index (κ1) is 28.3. The molecule has 0 aliphatic carbocycles. The van der Waals surface area contributed by atoms with Gasteiger partial charge in [-0.05, 0) is 42.7 Å². The van der Waals surface area contributed by atoms with Crippen molar-refractivity contribution < 1.29 is 29.3 Å². The van der Waals surface area contributed by atoms with Gasteiger partial charge in [0.25, 0.3) is 0 Å². The maximum absolute atomic E-state index is 13.6. The third-order valence-corrected chi connectivity index (χ3v) is 7.14. The van der Waals surface area contributed by atoms with Crippen LogP contribution in [0.3, 0.4) is 0 Å². The molecule has 0 amide bonds. The molecule has 0 aliphatic heterocycles. The highest BCUT2D eigenvalue weighted by Gasteiger charge is 2.45. The fourth-order valence-corrected chi connectivity index (χ4v) is 5.01. The van der Waals surface area contributed by atoms with E-state index in [9.17, 15) is 19.8 Å². The Balaban J connectivity index is 1.82. The number of aromatic hydroxyl groups is 1. The van der Waals surface area contributed by atoms with Gasteiger partial charge in [0.15, 0.2) is 16.9 Å². The summed E-state index contributed by atoms with van der Waals surface area (Å²) >= 11 is 0. The Hall–Kier alpha value is -3.32.